The van der Waals surface area contributed by atoms with Gasteiger partial charge in [-0.3, -0.25) is 4.40 Å². The van der Waals surface area contributed by atoms with E-state index in [4.69, 9.17) is 5.26 Å². The average molecular weight is 291 g/mol. The molecule has 3 aromatic rings. The number of hydrogen-bond donors (Lipinski definition) is 1. The summed E-state index contributed by atoms with van der Waals surface area (Å²) in [4.78, 5) is 15.3. The Bertz CT molecular complexity index is 937. The van der Waals surface area contributed by atoms with E-state index in [2.05, 4.69) is 15.2 Å². The molecule has 0 atom stereocenters. The minimum absolute atomic E-state index is 0.130. The highest BCUT2D eigenvalue weighted by Crippen LogP contribution is 2.24. The molecule has 7 heteroatoms. The van der Waals surface area contributed by atoms with Crippen molar-refractivity contribution in [2.45, 2.75) is 0 Å². The minimum atomic E-state index is -1.18. The largest absolute Gasteiger partial charge is 0.476 e. The Morgan fingerprint density at radius 1 is 1.23 bits per heavy atom. The molecule has 0 unspecified atom stereocenters. The second-order valence-corrected chi connectivity index (χ2v) is 4.38. The maximum Gasteiger partial charge on any atom is 0.358 e. The molecule has 2 heterocycles. The second kappa shape index (κ2) is 5.46. The van der Waals surface area contributed by atoms with Crippen LogP contribution in [0.4, 0.5) is 11.5 Å². The number of pyridine rings is 1. The Balaban J connectivity index is 2.09. The van der Waals surface area contributed by atoms with Gasteiger partial charge in [-0.05, 0) is 30.3 Å². The molecular weight excluding hydrogens is 282 g/mol. The van der Waals surface area contributed by atoms with Crippen LogP contribution in [0.5, 0.6) is 0 Å². The summed E-state index contributed by atoms with van der Waals surface area (Å²) < 4.78 is 1.54. The molecule has 0 aliphatic rings. The monoisotopic (exact) mass is 291 g/mol. The first-order chi connectivity index (χ1) is 10.7. The Labute approximate surface area is 124 Å². The lowest BCUT2D eigenvalue weighted by Crippen LogP contribution is -1.96. The van der Waals surface area contributed by atoms with E-state index in [1.54, 1.807) is 53.1 Å². The molecule has 0 bridgehead atoms. The summed E-state index contributed by atoms with van der Waals surface area (Å²) in [5.41, 5.74) is 1.21. The van der Waals surface area contributed by atoms with Crippen LogP contribution in [0.3, 0.4) is 0 Å². The number of aromatic nitrogens is 2. The molecule has 7 nitrogen and oxygen atoms in total. The van der Waals surface area contributed by atoms with Gasteiger partial charge in [-0.15, -0.1) is 10.2 Å². The van der Waals surface area contributed by atoms with Gasteiger partial charge in [0.15, 0.2) is 11.5 Å². The Morgan fingerprint density at radius 2 is 2.09 bits per heavy atom. The predicted octanol–water partition coefficient (Wildman–Crippen LogP) is 3.32. The molecule has 0 amide bonds. The van der Waals surface area contributed by atoms with E-state index in [1.165, 1.54) is 0 Å². The van der Waals surface area contributed by atoms with E-state index < -0.39 is 5.97 Å². The predicted molar refractivity (Wildman–Crippen MR) is 77.5 cm³/mol. The molecule has 0 aliphatic heterocycles. The van der Waals surface area contributed by atoms with Gasteiger partial charge in [-0.1, -0.05) is 12.1 Å². The Morgan fingerprint density at radius 3 is 2.86 bits per heavy atom. The van der Waals surface area contributed by atoms with Gasteiger partial charge in [0.1, 0.15) is 5.65 Å². The molecule has 0 spiro atoms. The number of aromatic carboxylic acids is 1. The zero-order chi connectivity index (χ0) is 15.5. The molecule has 1 aromatic carbocycles. The first-order valence-electron chi connectivity index (χ1n) is 6.31. The van der Waals surface area contributed by atoms with E-state index in [-0.39, 0.29) is 11.5 Å². The van der Waals surface area contributed by atoms with Gasteiger partial charge in [-0.2, -0.15) is 5.26 Å². The van der Waals surface area contributed by atoms with Crippen molar-refractivity contribution in [1.29, 1.82) is 5.26 Å². The fourth-order valence-corrected chi connectivity index (χ4v) is 1.96. The molecule has 106 valence electrons. The molecule has 1 N–H and O–H groups in total. The van der Waals surface area contributed by atoms with E-state index in [9.17, 15) is 9.90 Å². The number of fused-ring (bicyclic) bond motifs is 1. The number of rotatable bonds is 3. The van der Waals surface area contributed by atoms with Crippen molar-refractivity contribution in [2.24, 2.45) is 10.2 Å². The third-order valence-electron chi connectivity index (χ3n) is 2.94. The summed E-state index contributed by atoms with van der Waals surface area (Å²) >= 11 is 0. The van der Waals surface area contributed by atoms with Crippen LogP contribution < -0.4 is 0 Å². The van der Waals surface area contributed by atoms with Crippen LogP contribution in [0.25, 0.3) is 5.65 Å². The van der Waals surface area contributed by atoms with Crippen LogP contribution in [-0.4, -0.2) is 20.5 Å². The van der Waals surface area contributed by atoms with Crippen LogP contribution in [0.15, 0.2) is 58.9 Å². The average Bonchev–Trinajstić information content (AvgIpc) is 2.92. The zero-order valence-corrected chi connectivity index (χ0v) is 11.2. The number of azo groups is 1. The fraction of sp³-hybridized carbons (Fsp3) is 0. The number of carbonyl (C=O) groups is 1. The summed E-state index contributed by atoms with van der Waals surface area (Å²) in [6.45, 7) is 0. The summed E-state index contributed by atoms with van der Waals surface area (Å²) in [5, 5.41) is 26.1. The number of carboxylic acid groups (broad SMARTS) is 1. The molecule has 0 aliphatic carbocycles. The maximum absolute atomic E-state index is 11.3. The van der Waals surface area contributed by atoms with Gasteiger partial charge in [0.05, 0.1) is 17.3 Å². The van der Waals surface area contributed by atoms with Crippen molar-refractivity contribution < 1.29 is 9.90 Å². The number of hydrogen-bond acceptors (Lipinski definition) is 5. The van der Waals surface area contributed by atoms with Gasteiger partial charge in [0.25, 0.3) is 0 Å². The van der Waals surface area contributed by atoms with Gasteiger partial charge < -0.3 is 5.11 Å². The highest BCUT2D eigenvalue weighted by atomic mass is 16.4. The smallest absolute Gasteiger partial charge is 0.358 e. The van der Waals surface area contributed by atoms with Crippen molar-refractivity contribution in [1.82, 2.24) is 9.38 Å². The molecule has 0 saturated carbocycles. The number of carboxylic acids is 1. The van der Waals surface area contributed by atoms with Crippen molar-refractivity contribution in [2.75, 3.05) is 0 Å². The maximum atomic E-state index is 11.3. The fourth-order valence-electron chi connectivity index (χ4n) is 1.96. The first kappa shape index (κ1) is 13.5. The van der Waals surface area contributed by atoms with E-state index in [1.807, 2.05) is 6.07 Å². The minimum Gasteiger partial charge on any atom is -0.476 e. The number of benzene rings is 1. The van der Waals surface area contributed by atoms with Crippen LogP contribution in [0.2, 0.25) is 0 Å². The lowest BCUT2D eigenvalue weighted by atomic mass is 10.2. The number of nitrogens with zero attached hydrogens (tertiary/aromatic N) is 5. The number of imidazole rings is 1. The van der Waals surface area contributed by atoms with Crippen molar-refractivity contribution >= 4 is 23.1 Å². The van der Waals surface area contributed by atoms with Crippen molar-refractivity contribution in [3.8, 4) is 6.07 Å². The summed E-state index contributed by atoms with van der Waals surface area (Å²) in [6, 6.07) is 13.8. The lowest BCUT2D eigenvalue weighted by molar-refractivity contribution is 0.0692. The molecule has 2 aromatic heterocycles. The first-order valence-corrected chi connectivity index (χ1v) is 6.31. The summed E-state index contributed by atoms with van der Waals surface area (Å²) in [6.07, 6.45) is 1.66. The zero-order valence-electron chi connectivity index (χ0n) is 11.2. The highest BCUT2D eigenvalue weighted by molar-refractivity contribution is 5.91. The second-order valence-electron chi connectivity index (χ2n) is 4.38. The quantitative estimate of drug-likeness (QED) is 0.747. The lowest BCUT2D eigenvalue weighted by Gasteiger charge is -1.96. The molecule has 3 rings (SSSR count). The normalized spacial score (nSPS) is 10.9. The van der Waals surface area contributed by atoms with Crippen LogP contribution in [0.1, 0.15) is 16.1 Å². The summed E-state index contributed by atoms with van der Waals surface area (Å²) in [5.74, 6) is -1.05. The third-order valence-corrected chi connectivity index (χ3v) is 2.94. The Kier molecular flexibility index (Phi) is 3.34. The van der Waals surface area contributed by atoms with Gasteiger partial charge >= 0.3 is 5.97 Å². The third kappa shape index (κ3) is 2.41. The number of nitriles is 1. The van der Waals surface area contributed by atoms with E-state index >= 15 is 0 Å². The van der Waals surface area contributed by atoms with Crippen LogP contribution >= 0.6 is 0 Å². The van der Waals surface area contributed by atoms with Gasteiger partial charge in [-0.25, -0.2) is 9.78 Å². The van der Waals surface area contributed by atoms with E-state index in [0.29, 0.717) is 16.9 Å². The van der Waals surface area contributed by atoms with Crippen molar-refractivity contribution in [3.63, 3.8) is 0 Å². The topological polar surface area (TPSA) is 103 Å². The molecule has 22 heavy (non-hydrogen) atoms. The highest BCUT2D eigenvalue weighted by Gasteiger charge is 2.17. The SMILES string of the molecule is N#Cc1cccc(N=Nc2c(C(=O)O)nc3ccccn23)c1. The van der Waals surface area contributed by atoms with Crippen LogP contribution in [0, 0.1) is 11.3 Å². The molecule has 0 fully saturated rings. The molecule has 0 radical (unpaired) electrons. The van der Waals surface area contributed by atoms with Crippen molar-refractivity contribution in [3.05, 3.63) is 59.9 Å². The van der Waals surface area contributed by atoms with Gasteiger partial charge in [0.2, 0.25) is 0 Å². The van der Waals surface area contributed by atoms with Gasteiger partial charge in [0, 0.05) is 6.20 Å². The van der Waals surface area contributed by atoms with E-state index in [0.717, 1.165) is 0 Å². The Hall–Kier alpha value is -3.53. The van der Waals surface area contributed by atoms with Crippen LogP contribution in [-0.2, 0) is 0 Å². The molecular formula is C15H9N5O2. The summed E-state index contributed by atoms with van der Waals surface area (Å²) in [7, 11) is 0. The standard InChI is InChI=1S/C15H9N5O2/c16-9-10-4-3-5-11(8-10)18-19-14-13(15(21)22)17-12-6-1-2-7-20(12)14/h1-8H,(H,21,22). The molecule has 0 saturated heterocycles.